The molecule has 0 aromatic rings. The molecular weight excluding hydrogens is 334 g/mol. The molecule has 0 aromatic heterocycles. The smallest absolute Gasteiger partial charge is 0.432 e. The molecule has 1 atom stereocenters. The van der Waals surface area contributed by atoms with Gasteiger partial charge in [-0.2, -0.15) is 22.0 Å². The van der Waals surface area contributed by atoms with Gasteiger partial charge < -0.3 is 9.47 Å². The maximum absolute atomic E-state index is 12.6. The summed E-state index contributed by atoms with van der Waals surface area (Å²) in [5.41, 5.74) is -0.0404. The van der Waals surface area contributed by atoms with E-state index in [0.717, 1.165) is 6.92 Å². The Balaban J connectivity index is 0. The minimum atomic E-state index is -5.11. The summed E-state index contributed by atoms with van der Waals surface area (Å²) in [6.45, 7) is 8.87. The molecule has 10 heteroatoms. The van der Waals surface area contributed by atoms with Gasteiger partial charge in [-0.3, -0.25) is 0 Å². The fourth-order valence-electron chi connectivity index (χ4n) is 0.771. The number of carbonyl (C=O) groups is 2. The van der Waals surface area contributed by atoms with Gasteiger partial charge in [0.2, 0.25) is 6.17 Å². The monoisotopic (exact) mass is 350 g/mol. The average Bonchev–Trinajstić information content (AvgIpc) is 2.35. The lowest BCUT2D eigenvalue weighted by Gasteiger charge is -2.21. The lowest BCUT2D eigenvalue weighted by atomic mass is 10.2. The topological polar surface area (TPSA) is 52.6 Å². The van der Waals surface area contributed by atoms with Crippen molar-refractivity contribution in [1.29, 1.82) is 0 Å². The summed E-state index contributed by atoms with van der Waals surface area (Å²) >= 11 is 0. The van der Waals surface area contributed by atoms with Gasteiger partial charge in [0, 0.05) is 11.1 Å². The average molecular weight is 350 g/mol. The molecule has 0 heterocycles. The third-order valence-electron chi connectivity index (χ3n) is 1.89. The number of esters is 2. The van der Waals surface area contributed by atoms with Crippen molar-refractivity contribution >= 4 is 11.9 Å². The lowest BCUT2D eigenvalue weighted by Crippen LogP contribution is -2.38. The Bertz CT molecular complexity index is 456. The first kappa shape index (κ1) is 23.3. The molecule has 0 fully saturated rings. The molecule has 0 aliphatic heterocycles. The molecule has 0 saturated heterocycles. The molecular formula is C13H16F6O4. The van der Waals surface area contributed by atoms with Crippen LogP contribution in [0.2, 0.25) is 0 Å². The molecule has 0 amide bonds. The molecule has 0 aliphatic rings. The van der Waals surface area contributed by atoms with E-state index >= 15 is 0 Å². The minimum Gasteiger partial charge on any atom is -0.466 e. The highest BCUT2D eigenvalue weighted by molar-refractivity contribution is 5.87. The van der Waals surface area contributed by atoms with E-state index in [9.17, 15) is 35.9 Å². The Labute approximate surface area is 128 Å². The first-order valence-corrected chi connectivity index (χ1v) is 5.85. The van der Waals surface area contributed by atoms with Crippen LogP contribution in [0.1, 0.15) is 20.3 Å². The van der Waals surface area contributed by atoms with E-state index in [1.54, 1.807) is 6.92 Å². The second-order valence-electron chi connectivity index (χ2n) is 4.29. The fraction of sp³-hybridized carbons (Fsp3) is 0.538. The second kappa shape index (κ2) is 9.21. The SMILES string of the molecule is C=C(C)C(=O)OC.C=C(C)C(=O)OC(F)(F)C(F)CC(F)(F)F. The number of halogens is 6. The van der Waals surface area contributed by atoms with Crippen LogP contribution in [0.5, 0.6) is 0 Å². The molecule has 1 unspecified atom stereocenters. The molecule has 134 valence electrons. The first-order valence-electron chi connectivity index (χ1n) is 5.85. The third-order valence-corrected chi connectivity index (χ3v) is 1.89. The van der Waals surface area contributed by atoms with E-state index in [0.29, 0.717) is 5.57 Å². The number of hydrogen-bond donors (Lipinski definition) is 0. The van der Waals surface area contributed by atoms with E-state index in [-0.39, 0.29) is 5.97 Å². The Morgan fingerprint density at radius 3 is 1.61 bits per heavy atom. The van der Waals surface area contributed by atoms with Crippen LogP contribution in [0.15, 0.2) is 24.3 Å². The molecule has 0 aliphatic carbocycles. The fourth-order valence-corrected chi connectivity index (χ4v) is 0.771. The summed E-state index contributed by atoms with van der Waals surface area (Å²) in [4.78, 5) is 20.8. The summed E-state index contributed by atoms with van der Waals surface area (Å²) in [7, 11) is 1.33. The molecule has 0 bridgehead atoms. The van der Waals surface area contributed by atoms with Gasteiger partial charge in [0.25, 0.3) is 0 Å². The third kappa shape index (κ3) is 11.2. The standard InChI is InChI=1S/C8H8F6O2.C5H8O2/c1-4(2)6(15)16-8(13,14)5(9)3-7(10,11)12;1-4(2)5(6)7-3/h5H,1,3H2,2H3;1H2,2-3H3. The zero-order valence-electron chi connectivity index (χ0n) is 12.6. The van der Waals surface area contributed by atoms with E-state index in [1.165, 1.54) is 7.11 Å². The highest BCUT2D eigenvalue weighted by Gasteiger charge is 2.50. The van der Waals surface area contributed by atoms with Crippen LogP contribution in [-0.2, 0) is 19.1 Å². The second-order valence-corrected chi connectivity index (χ2v) is 4.29. The van der Waals surface area contributed by atoms with E-state index < -0.39 is 36.4 Å². The van der Waals surface area contributed by atoms with Gasteiger partial charge in [0.05, 0.1) is 13.5 Å². The van der Waals surface area contributed by atoms with Crippen LogP contribution in [-0.4, -0.2) is 37.5 Å². The maximum Gasteiger partial charge on any atom is 0.432 e. The van der Waals surface area contributed by atoms with Crippen LogP contribution in [0.3, 0.4) is 0 Å². The van der Waals surface area contributed by atoms with Gasteiger partial charge in [-0.15, -0.1) is 0 Å². The van der Waals surface area contributed by atoms with Crippen molar-refractivity contribution < 1.29 is 45.4 Å². The lowest BCUT2D eigenvalue weighted by molar-refractivity contribution is -0.275. The zero-order chi connectivity index (χ0) is 19.0. The summed E-state index contributed by atoms with van der Waals surface area (Å²) in [5, 5.41) is 0. The summed E-state index contributed by atoms with van der Waals surface area (Å²) in [6, 6.07) is 0. The van der Waals surface area contributed by atoms with Gasteiger partial charge >= 0.3 is 24.2 Å². The Hall–Kier alpha value is -2.00. The van der Waals surface area contributed by atoms with Crippen molar-refractivity contribution in [1.82, 2.24) is 0 Å². The molecule has 0 aromatic carbocycles. The van der Waals surface area contributed by atoms with Crippen molar-refractivity contribution in [2.75, 3.05) is 7.11 Å². The quantitative estimate of drug-likeness (QED) is 0.431. The van der Waals surface area contributed by atoms with Crippen LogP contribution in [0.4, 0.5) is 26.3 Å². The Kier molecular flexibility index (Phi) is 9.32. The van der Waals surface area contributed by atoms with Crippen molar-refractivity contribution in [3.63, 3.8) is 0 Å². The van der Waals surface area contributed by atoms with Crippen molar-refractivity contribution in [3.8, 4) is 0 Å². The van der Waals surface area contributed by atoms with Crippen LogP contribution in [0.25, 0.3) is 0 Å². The largest absolute Gasteiger partial charge is 0.466 e. The van der Waals surface area contributed by atoms with Crippen LogP contribution < -0.4 is 0 Å². The van der Waals surface area contributed by atoms with Crippen LogP contribution in [0, 0.1) is 0 Å². The Morgan fingerprint density at radius 2 is 1.39 bits per heavy atom. The zero-order valence-corrected chi connectivity index (χ0v) is 12.6. The van der Waals surface area contributed by atoms with E-state index in [4.69, 9.17) is 0 Å². The molecule has 4 nitrogen and oxygen atoms in total. The maximum atomic E-state index is 12.6. The predicted octanol–water partition coefficient (Wildman–Crippen LogP) is 3.72. The highest BCUT2D eigenvalue weighted by Crippen LogP contribution is 2.33. The number of hydrogen-bond acceptors (Lipinski definition) is 4. The molecule has 23 heavy (non-hydrogen) atoms. The van der Waals surface area contributed by atoms with E-state index in [1.807, 2.05) is 0 Å². The van der Waals surface area contributed by atoms with Crippen molar-refractivity contribution in [3.05, 3.63) is 24.3 Å². The number of rotatable bonds is 5. The number of carbonyl (C=O) groups excluding carboxylic acids is 2. The molecule has 0 saturated carbocycles. The van der Waals surface area contributed by atoms with Crippen molar-refractivity contribution in [2.24, 2.45) is 0 Å². The van der Waals surface area contributed by atoms with Crippen molar-refractivity contribution in [2.45, 2.75) is 38.7 Å². The van der Waals surface area contributed by atoms with Gasteiger partial charge in [0.1, 0.15) is 0 Å². The summed E-state index contributed by atoms with van der Waals surface area (Å²) < 4.78 is 80.1. The van der Waals surface area contributed by atoms with Gasteiger partial charge in [-0.25, -0.2) is 14.0 Å². The molecule has 0 radical (unpaired) electrons. The Morgan fingerprint density at radius 1 is 1.00 bits per heavy atom. The van der Waals surface area contributed by atoms with Crippen LogP contribution >= 0.6 is 0 Å². The van der Waals surface area contributed by atoms with Gasteiger partial charge in [-0.05, 0) is 13.8 Å². The first-order chi connectivity index (χ1) is 10.1. The minimum absolute atomic E-state index is 0.347. The summed E-state index contributed by atoms with van der Waals surface area (Å²) in [6.07, 6.45) is -16.0. The van der Waals surface area contributed by atoms with Gasteiger partial charge in [0.15, 0.2) is 0 Å². The highest BCUT2D eigenvalue weighted by atomic mass is 19.4. The molecule has 0 N–H and O–H groups in total. The predicted molar refractivity (Wildman–Crippen MR) is 68.3 cm³/mol. The number of methoxy groups -OCH3 is 1. The van der Waals surface area contributed by atoms with Gasteiger partial charge in [-0.1, -0.05) is 13.2 Å². The normalized spacial score (nSPS) is 12.4. The van der Waals surface area contributed by atoms with E-state index in [2.05, 4.69) is 22.6 Å². The molecule has 0 spiro atoms. The molecule has 0 rings (SSSR count). The summed E-state index contributed by atoms with van der Waals surface area (Å²) in [5.74, 6) is -2.00. The number of alkyl halides is 6. The number of ether oxygens (including phenoxy) is 2.